The van der Waals surface area contributed by atoms with E-state index in [-0.39, 0.29) is 0 Å². The maximum absolute atomic E-state index is 14.8. The van der Waals surface area contributed by atoms with E-state index in [1.165, 1.54) is 13.2 Å². The summed E-state index contributed by atoms with van der Waals surface area (Å²) >= 11 is 0. The molecule has 0 aliphatic carbocycles. The van der Waals surface area contributed by atoms with Crippen LogP contribution in [0.3, 0.4) is 0 Å². The Balaban J connectivity index is 1.82. The predicted molar refractivity (Wildman–Crippen MR) is 99.2 cm³/mol. The summed E-state index contributed by atoms with van der Waals surface area (Å²) in [5, 5.41) is 11.6. The summed E-state index contributed by atoms with van der Waals surface area (Å²) in [5.41, 5.74) is -0.0540. The van der Waals surface area contributed by atoms with Gasteiger partial charge < -0.3 is 9.84 Å². The molecule has 2 aromatic carbocycles. The summed E-state index contributed by atoms with van der Waals surface area (Å²) in [6.07, 6.45) is 4.07. The fourth-order valence-electron chi connectivity index (χ4n) is 4.10. The second-order valence-electron chi connectivity index (χ2n) is 6.96. The maximum atomic E-state index is 14.8. The number of hydrogen-bond donors (Lipinski definition) is 1. The van der Waals surface area contributed by atoms with E-state index in [9.17, 15) is 9.50 Å². The molecule has 0 saturated heterocycles. The molecule has 4 rings (SSSR count). The molecule has 0 spiro atoms. The summed E-state index contributed by atoms with van der Waals surface area (Å²) in [7, 11) is 1.51. The lowest BCUT2D eigenvalue weighted by Crippen LogP contribution is -2.41. The van der Waals surface area contributed by atoms with Crippen LogP contribution in [-0.2, 0) is 5.72 Å². The minimum absolute atomic E-state index is 0.302. The zero-order valence-electron chi connectivity index (χ0n) is 15.0. The largest absolute Gasteiger partial charge is 0.497 e. The van der Waals surface area contributed by atoms with Crippen molar-refractivity contribution in [2.45, 2.75) is 31.4 Å². The Kier molecular flexibility index (Phi) is 4.41. The van der Waals surface area contributed by atoms with E-state index in [0.717, 1.165) is 43.8 Å². The first-order chi connectivity index (χ1) is 12.6. The van der Waals surface area contributed by atoms with Gasteiger partial charge in [0.15, 0.2) is 6.54 Å². The normalized spacial score (nSPS) is 23.0. The van der Waals surface area contributed by atoms with Crippen molar-refractivity contribution in [3.63, 3.8) is 0 Å². The first-order valence-corrected chi connectivity index (χ1v) is 9.16. The first kappa shape index (κ1) is 17.0. The molecule has 0 radical (unpaired) electrons. The van der Waals surface area contributed by atoms with Gasteiger partial charge in [-0.2, -0.15) is 0 Å². The average molecular weight is 355 g/mol. The van der Waals surface area contributed by atoms with E-state index >= 15 is 0 Å². The van der Waals surface area contributed by atoms with Gasteiger partial charge in [-0.3, -0.25) is 0 Å². The molecule has 5 heteroatoms. The van der Waals surface area contributed by atoms with E-state index in [0.29, 0.717) is 17.9 Å². The summed E-state index contributed by atoms with van der Waals surface area (Å²) in [6.45, 7) is 1.04. The van der Waals surface area contributed by atoms with E-state index in [2.05, 4.69) is 4.90 Å². The van der Waals surface area contributed by atoms with Crippen molar-refractivity contribution >= 4 is 11.5 Å². The number of aliphatic hydroxyl groups is 1. The molecule has 0 saturated carbocycles. The number of benzene rings is 2. The predicted octanol–water partition coefficient (Wildman–Crippen LogP) is 3.48. The lowest BCUT2D eigenvalue weighted by atomic mass is 10.0. The van der Waals surface area contributed by atoms with E-state index in [4.69, 9.17) is 4.74 Å². The monoisotopic (exact) mass is 355 g/mol. The second-order valence-corrected chi connectivity index (χ2v) is 6.96. The molecular weight excluding hydrogens is 331 g/mol. The van der Waals surface area contributed by atoms with Crippen LogP contribution in [0.15, 0.2) is 48.5 Å². The second kappa shape index (κ2) is 6.72. The molecule has 0 amide bonds. The number of rotatable bonds is 3. The molecule has 0 aromatic heterocycles. The van der Waals surface area contributed by atoms with Crippen molar-refractivity contribution in [2.24, 2.45) is 0 Å². The summed E-state index contributed by atoms with van der Waals surface area (Å²) in [5.74, 6) is 1.09. The highest BCUT2D eigenvalue weighted by atomic mass is 19.1. The van der Waals surface area contributed by atoms with Gasteiger partial charge in [-0.15, -0.1) is 0 Å². The van der Waals surface area contributed by atoms with Crippen molar-refractivity contribution < 1.29 is 18.8 Å². The molecule has 2 aliphatic heterocycles. The number of hydrogen-bond acceptors (Lipinski definition) is 3. The summed E-state index contributed by atoms with van der Waals surface area (Å²) in [6, 6.07) is 14.7. The van der Waals surface area contributed by atoms with Gasteiger partial charge in [-0.25, -0.2) is 13.9 Å². The maximum Gasteiger partial charge on any atom is 0.273 e. The molecule has 2 heterocycles. The highest BCUT2D eigenvalue weighted by molar-refractivity contribution is 5.95. The molecular formula is C21H24FN2O2+. The third kappa shape index (κ3) is 2.76. The van der Waals surface area contributed by atoms with Gasteiger partial charge >= 0.3 is 0 Å². The third-order valence-electron chi connectivity index (χ3n) is 5.41. The molecule has 0 bridgehead atoms. The van der Waals surface area contributed by atoms with Crippen LogP contribution in [0, 0.1) is 5.82 Å². The molecule has 1 atom stereocenters. The molecule has 0 fully saturated rings. The number of para-hydroxylation sites is 1. The van der Waals surface area contributed by atoms with Crippen LogP contribution in [0.1, 0.15) is 31.2 Å². The van der Waals surface area contributed by atoms with Crippen LogP contribution >= 0.6 is 0 Å². The topological polar surface area (TPSA) is 35.7 Å². The van der Waals surface area contributed by atoms with Gasteiger partial charge in [0.1, 0.15) is 17.3 Å². The van der Waals surface area contributed by atoms with Gasteiger partial charge in [0.05, 0.1) is 19.2 Å². The van der Waals surface area contributed by atoms with Gasteiger partial charge in [0, 0.05) is 12.5 Å². The van der Waals surface area contributed by atoms with E-state index < -0.39 is 11.5 Å². The van der Waals surface area contributed by atoms with Gasteiger partial charge in [-0.1, -0.05) is 18.2 Å². The SMILES string of the molecule is COc1ccc([C@@]2(O)CN(c3ccccc3)C3=[N+]2CCCCC3)c(F)c1. The average Bonchev–Trinajstić information content (AvgIpc) is 2.82. The summed E-state index contributed by atoms with van der Waals surface area (Å²) in [4.78, 5) is 2.13. The highest BCUT2D eigenvalue weighted by Crippen LogP contribution is 2.37. The number of ether oxygens (including phenoxy) is 1. The quantitative estimate of drug-likeness (QED) is 0.856. The highest BCUT2D eigenvalue weighted by Gasteiger charge is 2.53. The van der Waals surface area contributed by atoms with E-state index in [1.807, 2.05) is 34.9 Å². The first-order valence-electron chi connectivity index (χ1n) is 9.16. The van der Waals surface area contributed by atoms with Crippen molar-refractivity contribution in [3.05, 3.63) is 59.9 Å². The van der Waals surface area contributed by atoms with Crippen LogP contribution in [0.4, 0.5) is 10.1 Å². The Bertz CT molecular complexity index is 837. The van der Waals surface area contributed by atoms with Crippen LogP contribution in [0.5, 0.6) is 5.75 Å². The number of β-amino-alcohol motifs (C(OH)–C–C–N with tert-alkyl or cyclic N) is 1. The van der Waals surface area contributed by atoms with Gasteiger partial charge in [0.25, 0.3) is 11.6 Å². The lowest BCUT2D eigenvalue weighted by Gasteiger charge is -2.24. The molecule has 136 valence electrons. The molecule has 2 aromatic rings. The van der Waals surface area contributed by atoms with Gasteiger partial charge in [-0.05, 0) is 43.5 Å². The smallest absolute Gasteiger partial charge is 0.273 e. The summed E-state index contributed by atoms with van der Waals surface area (Å²) < 4.78 is 21.9. The standard InChI is InChI=1S/C21H24FN2O2/c1-26-17-11-12-18(19(22)14-17)21(25)15-23(16-8-4-2-5-9-16)20-10-6-3-7-13-24(20)21/h2,4-5,8-9,11-12,14,25H,3,6-7,10,13,15H2,1H3/q+1/t21-/m0/s1. The zero-order valence-corrected chi connectivity index (χ0v) is 15.0. The molecule has 2 aliphatic rings. The Morgan fingerprint density at radius 1 is 1.12 bits per heavy atom. The van der Waals surface area contributed by atoms with Gasteiger partial charge in [0.2, 0.25) is 0 Å². The van der Waals surface area contributed by atoms with Crippen LogP contribution in [0.2, 0.25) is 0 Å². The van der Waals surface area contributed by atoms with Crippen molar-refractivity contribution in [2.75, 3.05) is 25.1 Å². The number of amidine groups is 1. The molecule has 1 N–H and O–H groups in total. The van der Waals surface area contributed by atoms with Crippen molar-refractivity contribution in [3.8, 4) is 5.75 Å². The Hall–Kier alpha value is -2.40. The number of halogens is 1. The number of nitrogens with zero attached hydrogens (tertiary/aromatic N) is 2. The Morgan fingerprint density at radius 3 is 2.65 bits per heavy atom. The minimum Gasteiger partial charge on any atom is -0.497 e. The molecule has 4 nitrogen and oxygen atoms in total. The molecule has 26 heavy (non-hydrogen) atoms. The third-order valence-corrected chi connectivity index (χ3v) is 5.41. The van der Waals surface area contributed by atoms with Crippen molar-refractivity contribution in [1.82, 2.24) is 0 Å². The number of anilines is 1. The van der Waals surface area contributed by atoms with Crippen LogP contribution in [0.25, 0.3) is 0 Å². The van der Waals surface area contributed by atoms with Crippen LogP contribution < -0.4 is 9.64 Å². The Morgan fingerprint density at radius 2 is 1.92 bits per heavy atom. The zero-order chi connectivity index (χ0) is 18.1. The minimum atomic E-state index is -1.38. The fourth-order valence-corrected chi connectivity index (χ4v) is 4.10. The number of methoxy groups -OCH3 is 1. The fraction of sp³-hybridized carbons (Fsp3) is 0.381. The van der Waals surface area contributed by atoms with Crippen LogP contribution in [-0.4, -0.2) is 35.7 Å². The molecule has 0 unspecified atom stereocenters. The Labute approximate surface area is 153 Å². The lowest BCUT2D eigenvalue weighted by molar-refractivity contribution is -0.658. The van der Waals surface area contributed by atoms with Crippen molar-refractivity contribution in [1.29, 1.82) is 0 Å². The van der Waals surface area contributed by atoms with E-state index in [1.54, 1.807) is 12.1 Å².